The van der Waals surface area contributed by atoms with Crippen LogP contribution in [0.1, 0.15) is 11.4 Å². The quantitative estimate of drug-likeness (QED) is 0.926. The summed E-state index contributed by atoms with van der Waals surface area (Å²) in [4.78, 5) is 15.4. The lowest BCUT2D eigenvalue weighted by Crippen LogP contribution is -2.20. The summed E-state index contributed by atoms with van der Waals surface area (Å²) in [6.07, 6.45) is 1.15. The highest BCUT2D eigenvalue weighted by Gasteiger charge is 2.14. The molecule has 0 fully saturated rings. The fourth-order valence-corrected chi connectivity index (χ4v) is 1.64. The molecule has 1 aromatic heterocycles. The minimum atomic E-state index is -0.784. The normalized spacial score (nSPS) is 9.71. The van der Waals surface area contributed by atoms with E-state index in [4.69, 9.17) is 10.5 Å². The summed E-state index contributed by atoms with van der Waals surface area (Å²) in [6, 6.07) is 6.11. The van der Waals surface area contributed by atoms with Crippen molar-refractivity contribution >= 4 is 11.6 Å². The Labute approximate surface area is 117 Å². The largest absolute Gasteiger partial charge is 0.322 e. The van der Waals surface area contributed by atoms with Crippen LogP contribution in [-0.2, 0) is 11.3 Å². The molecule has 1 amide bonds. The van der Waals surface area contributed by atoms with E-state index in [1.807, 2.05) is 0 Å². The molecule has 0 radical (unpaired) electrons. The smallest absolute Gasteiger partial charge is 0.244 e. The van der Waals surface area contributed by atoms with Crippen molar-refractivity contribution in [2.75, 3.05) is 5.32 Å². The van der Waals surface area contributed by atoms with Crippen LogP contribution in [0, 0.1) is 34.3 Å². The molecular formula is C13H7F2N5O. The molecule has 2 rings (SSSR count). The van der Waals surface area contributed by atoms with Gasteiger partial charge in [0.15, 0.2) is 11.4 Å². The number of nitrogens with zero attached hydrogens (tertiary/aromatic N) is 4. The topological polar surface area (TPSA) is 94.5 Å². The van der Waals surface area contributed by atoms with E-state index in [-0.39, 0.29) is 23.6 Å². The van der Waals surface area contributed by atoms with Crippen LogP contribution in [0.4, 0.5) is 14.5 Å². The Morgan fingerprint density at radius 2 is 2.10 bits per heavy atom. The van der Waals surface area contributed by atoms with Gasteiger partial charge in [-0.1, -0.05) is 0 Å². The number of anilines is 1. The van der Waals surface area contributed by atoms with E-state index in [1.165, 1.54) is 0 Å². The number of halogens is 2. The lowest BCUT2D eigenvalue weighted by molar-refractivity contribution is -0.116. The number of hydrogen-bond donors (Lipinski definition) is 1. The maximum absolute atomic E-state index is 13.4. The molecule has 0 saturated carbocycles. The lowest BCUT2D eigenvalue weighted by Gasteiger charge is -2.07. The molecule has 21 heavy (non-hydrogen) atoms. The Kier molecular flexibility index (Phi) is 3.91. The van der Waals surface area contributed by atoms with Crippen molar-refractivity contribution in [1.82, 2.24) is 9.55 Å². The highest BCUT2D eigenvalue weighted by molar-refractivity contribution is 5.90. The first-order valence-corrected chi connectivity index (χ1v) is 5.65. The molecule has 104 valence electrons. The van der Waals surface area contributed by atoms with Gasteiger partial charge in [-0.2, -0.15) is 10.5 Å². The monoisotopic (exact) mass is 287 g/mol. The molecule has 1 heterocycles. The molecule has 0 spiro atoms. The number of aromatic nitrogens is 2. The summed E-state index contributed by atoms with van der Waals surface area (Å²) in [6.45, 7) is -0.354. The number of nitrogens with one attached hydrogen (secondary N) is 1. The van der Waals surface area contributed by atoms with Crippen LogP contribution in [0.15, 0.2) is 24.5 Å². The molecule has 0 unspecified atom stereocenters. The Bertz CT molecular complexity index is 785. The van der Waals surface area contributed by atoms with Gasteiger partial charge in [-0.25, -0.2) is 13.8 Å². The number of carbonyl (C=O) groups excluding carboxylic acids is 1. The van der Waals surface area contributed by atoms with E-state index in [9.17, 15) is 13.6 Å². The first-order valence-electron chi connectivity index (χ1n) is 5.65. The molecule has 0 atom stereocenters. The summed E-state index contributed by atoms with van der Waals surface area (Å²) in [5.74, 6) is -2.16. The number of benzene rings is 1. The summed E-state index contributed by atoms with van der Waals surface area (Å²) in [7, 11) is 0. The molecule has 0 aliphatic heterocycles. The second-order valence-corrected chi connectivity index (χ2v) is 3.97. The lowest BCUT2D eigenvalue weighted by atomic mass is 10.3. The van der Waals surface area contributed by atoms with Gasteiger partial charge < -0.3 is 9.88 Å². The van der Waals surface area contributed by atoms with Gasteiger partial charge in [0.2, 0.25) is 5.91 Å². The van der Waals surface area contributed by atoms with Gasteiger partial charge in [-0.15, -0.1) is 0 Å². The van der Waals surface area contributed by atoms with Crippen LogP contribution in [0.5, 0.6) is 0 Å². The maximum atomic E-state index is 13.4. The number of imidazole rings is 1. The molecule has 8 heteroatoms. The average molecular weight is 287 g/mol. The second kappa shape index (κ2) is 5.80. The number of amides is 1. The van der Waals surface area contributed by atoms with E-state index in [0.29, 0.717) is 0 Å². The van der Waals surface area contributed by atoms with E-state index in [2.05, 4.69) is 10.3 Å². The maximum Gasteiger partial charge on any atom is 0.244 e. The van der Waals surface area contributed by atoms with E-state index >= 15 is 0 Å². The zero-order valence-electron chi connectivity index (χ0n) is 10.5. The molecule has 0 aliphatic carbocycles. The minimum Gasteiger partial charge on any atom is -0.322 e. The highest BCUT2D eigenvalue weighted by atomic mass is 19.1. The third-order valence-corrected chi connectivity index (χ3v) is 2.57. The summed E-state index contributed by atoms with van der Waals surface area (Å²) >= 11 is 0. The van der Waals surface area contributed by atoms with Crippen LogP contribution in [0.3, 0.4) is 0 Å². The Balaban J connectivity index is 2.16. The predicted octanol–water partition coefficient (Wildman–Crippen LogP) is 1.54. The fourth-order valence-electron chi connectivity index (χ4n) is 1.64. The van der Waals surface area contributed by atoms with Crippen molar-refractivity contribution in [2.24, 2.45) is 0 Å². The fraction of sp³-hybridized carbons (Fsp3) is 0.0769. The SMILES string of the molecule is N#Cc1ncn(CC(=O)Nc2cc(F)ccc2F)c1C#N. The summed E-state index contributed by atoms with van der Waals surface area (Å²) < 4.78 is 27.5. The second-order valence-electron chi connectivity index (χ2n) is 3.97. The van der Waals surface area contributed by atoms with Crippen LogP contribution in [0.2, 0.25) is 0 Å². The summed E-state index contributed by atoms with van der Waals surface area (Å²) in [5.41, 5.74) is -0.492. The first kappa shape index (κ1) is 14.2. The van der Waals surface area contributed by atoms with Crippen LogP contribution >= 0.6 is 0 Å². The van der Waals surface area contributed by atoms with E-state index in [0.717, 1.165) is 29.1 Å². The van der Waals surface area contributed by atoms with Crippen molar-refractivity contribution < 1.29 is 13.6 Å². The first-order chi connectivity index (χ1) is 10.0. The van der Waals surface area contributed by atoms with Crippen molar-refractivity contribution in [3.8, 4) is 12.1 Å². The van der Waals surface area contributed by atoms with E-state index < -0.39 is 17.5 Å². The molecule has 1 N–H and O–H groups in total. The van der Waals surface area contributed by atoms with Crippen LogP contribution in [-0.4, -0.2) is 15.5 Å². The van der Waals surface area contributed by atoms with Crippen LogP contribution in [0.25, 0.3) is 0 Å². The van der Waals surface area contributed by atoms with Gasteiger partial charge in [-0.3, -0.25) is 4.79 Å². The standard InChI is InChI=1S/C13H7F2N5O/c14-8-1-2-9(15)10(3-8)19-13(21)6-20-7-18-11(4-16)12(20)5-17/h1-3,7H,6H2,(H,19,21). The van der Waals surface area contributed by atoms with Crippen molar-refractivity contribution in [3.05, 3.63) is 47.5 Å². The third-order valence-electron chi connectivity index (χ3n) is 2.57. The number of hydrogen-bond acceptors (Lipinski definition) is 4. The zero-order chi connectivity index (χ0) is 15.4. The average Bonchev–Trinajstić information content (AvgIpc) is 2.84. The van der Waals surface area contributed by atoms with Gasteiger partial charge in [0.05, 0.1) is 12.0 Å². The van der Waals surface area contributed by atoms with Crippen molar-refractivity contribution in [3.63, 3.8) is 0 Å². The zero-order valence-corrected chi connectivity index (χ0v) is 10.5. The molecule has 2 aromatic rings. The van der Waals surface area contributed by atoms with Gasteiger partial charge in [0.25, 0.3) is 0 Å². The van der Waals surface area contributed by atoms with Gasteiger partial charge in [-0.05, 0) is 12.1 Å². The molecule has 1 aromatic carbocycles. The van der Waals surface area contributed by atoms with Gasteiger partial charge in [0.1, 0.15) is 30.3 Å². The number of rotatable bonds is 3. The minimum absolute atomic E-state index is 0.0765. The van der Waals surface area contributed by atoms with Crippen molar-refractivity contribution in [2.45, 2.75) is 6.54 Å². The predicted molar refractivity (Wildman–Crippen MR) is 66.6 cm³/mol. The van der Waals surface area contributed by atoms with Crippen LogP contribution < -0.4 is 5.32 Å². The summed E-state index contributed by atoms with van der Waals surface area (Å²) in [5, 5.41) is 19.8. The van der Waals surface area contributed by atoms with E-state index in [1.54, 1.807) is 12.1 Å². The Morgan fingerprint density at radius 3 is 2.76 bits per heavy atom. The third kappa shape index (κ3) is 3.01. The number of nitriles is 2. The molecule has 0 saturated heterocycles. The molecule has 0 bridgehead atoms. The van der Waals surface area contributed by atoms with Gasteiger partial charge >= 0.3 is 0 Å². The Hall–Kier alpha value is -3.26. The highest BCUT2D eigenvalue weighted by Crippen LogP contribution is 2.15. The molecular weight excluding hydrogens is 280 g/mol. The van der Waals surface area contributed by atoms with Crippen molar-refractivity contribution in [1.29, 1.82) is 10.5 Å². The molecule has 6 nitrogen and oxygen atoms in total. The van der Waals surface area contributed by atoms with Gasteiger partial charge in [0, 0.05) is 6.07 Å². The Morgan fingerprint density at radius 1 is 1.33 bits per heavy atom. The molecule has 0 aliphatic rings. The number of carbonyl (C=O) groups is 1.